The van der Waals surface area contributed by atoms with E-state index in [1.165, 1.54) is 13.3 Å². The lowest BCUT2D eigenvalue weighted by Crippen LogP contribution is -2.49. The van der Waals surface area contributed by atoms with Crippen molar-refractivity contribution in [3.63, 3.8) is 0 Å². The first-order chi connectivity index (χ1) is 11.4. The number of carbonyl (C=O) groups excluding carboxylic acids is 2. The van der Waals surface area contributed by atoms with E-state index >= 15 is 0 Å². The Morgan fingerprint density at radius 1 is 1.08 bits per heavy atom. The molecule has 1 aliphatic heterocycles. The van der Waals surface area contributed by atoms with Crippen molar-refractivity contribution in [1.29, 1.82) is 0 Å². The molecule has 0 bridgehead atoms. The van der Waals surface area contributed by atoms with Gasteiger partial charge in [0.1, 0.15) is 0 Å². The van der Waals surface area contributed by atoms with E-state index in [0.29, 0.717) is 5.69 Å². The minimum absolute atomic E-state index is 0.0370. The fourth-order valence-corrected chi connectivity index (χ4v) is 3.33. The highest BCUT2D eigenvalue weighted by Gasteiger charge is 2.30. The van der Waals surface area contributed by atoms with Crippen LogP contribution in [0.3, 0.4) is 0 Å². The van der Waals surface area contributed by atoms with Gasteiger partial charge in [-0.3, -0.25) is 14.5 Å². The summed E-state index contributed by atoms with van der Waals surface area (Å²) in [6.07, 6.45) is 3.57. The second-order valence-corrected chi connectivity index (χ2v) is 6.99. The summed E-state index contributed by atoms with van der Waals surface area (Å²) in [7, 11) is 0. The quantitative estimate of drug-likeness (QED) is 0.869. The van der Waals surface area contributed by atoms with Crippen molar-refractivity contribution in [1.82, 2.24) is 4.90 Å². The molecule has 1 fully saturated rings. The second kappa shape index (κ2) is 8.29. The second-order valence-electron chi connectivity index (χ2n) is 6.99. The lowest BCUT2D eigenvalue weighted by molar-refractivity contribution is -0.123. The Hall–Kier alpha value is -1.88. The Balaban J connectivity index is 2.15. The molecule has 1 atom stereocenters. The van der Waals surface area contributed by atoms with E-state index in [1.54, 1.807) is 0 Å². The molecule has 5 nitrogen and oxygen atoms in total. The van der Waals surface area contributed by atoms with Crippen molar-refractivity contribution in [2.24, 2.45) is 5.92 Å². The maximum absolute atomic E-state index is 12.9. The summed E-state index contributed by atoms with van der Waals surface area (Å²) in [5.41, 5.74) is 2.44. The van der Waals surface area contributed by atoms with E-state index < -0.39 is 0 Å². The van der Waals surface area contributed by atoms with E-state index in [9.17, 15) is 9.59 Å². The molecule has 0 aliphatic carbocycles. The number of aryl methyl sites for hydroxylation is 1. The van der Waals surface area contributed by atoms with Crippen molar-refractivity contribution in [3.8, 4) is 0 Å². The Kier molecular flexibility index (Phi) is 6.37. The van der Waals surface area contributed by atoms with Crippen LogP contribution in [0.4, 0.5) is 11.4 Å². The molecule has 2 amide bonds. The Morgan fingerprint density at radius 3 is 2.33 bits per heavy atom. The van der Waals surface area contributed by atoms with Gasteiger partial charge in [-0.25, -0.2) is 0 Å². The first-order valence-corrected chi connectivity index (χ1v) is 8.81. The first kappa shape index (κ1) is 18.5. The maximum Gasteiger partial charge on any atom is 0.242 e. The highest BCUT2D eigenvalue weighted by molar-refractivity contribution is 5.97. The molecule has 1 unspecified atom stereocenters. The van der Waals surface area contributed by atoms with Crippen LogP contribution in [0.25, 0.3) is 0 Å². The smallest absolute Gasteiger partial charge is 0.242 e. The summed E-state index contributed by atoms with van der Waals surface area (Å²) in [5.74, 6) is 0.168. The molecule has 24 heavy (non-hydrogen) atoms. The number of rotatable bonds is 5. The summed E-state index contributed by atoms with van der Waals surface area (Å²) in [5, 5.41) is 5.83. The summed E-state index contributed by atoms with van der Waals surface area (Å²) in [6.45, 7) is 9.60. The van der Waals surface area contributed by atoms with Crippen LogP contribution in [0.15, 0.2) is 18.2 Å². The number of anilines is 2. The van der Waals surface area contributed by atoms with Gasteiger partial charge in [-0.2, -0.15) is 0 Å². The van der Waals surface area contributed by atoms with Crippen molar-refractivity contribution >= 4 is 23.2 Å². The Morgan fingerprint density at radius 2 is 1.75 bits per heavy atom. The minimum atomic E-state index is -0.121. The predicted molar refractivity (Wildman–Crippen MR) is 98.2 cm³/mol. The topological polar surface area (TPSA) is 61.4 Å². The zero-order valence-electron chi connectivity index (χ0n) is 15.2. The van der Waals surface area contributed by atoms with Crippen LogP contribution in [-0.2, 0) is 9.59 Å². The lowest BCUT2D eigenvalue weighted by atomic mass is 9.98. The number of amides is 2. The van der Waals surface area contributed by atoms with Crippen LogP contribution in [0.1, 0.15) is 45.6 Å². The zero-order valence-corrected chi connectivity index (χ0v) is 15.2. The van der Waals surface area contributed by atoms with Gasteiger partial charge in [-0.15, -0.1) is 0 Å². The van der Waals surface area contributed by atoms with Gasteiger partial charge in [0.25, 0.3) is 0 Å². The molecule has 0 aromatic heterocycles. The molecular formula is C19H29N3O2. The third kappa shape index (κ3) is 4.81. The zero-order chi connectivity index (χ0) is 17.7. The Bertz CT molecular complexity index is 592. The highest BCUT2D eigenvalue weighted by atomic mass is 16.2. The Labute approximate surface area is 144 Å². The van der Waals surface area contributed by atoms with E-state index in [1.807, 2.05) is 25.1 Å². The molecule has 2 rings (SSSR count). The lowest BCUT2D eigenvalue weighted by Gasteiger charge is -2.36. The maximum atomic E-state index is 12.9. The van der Waals surface area contributed by atoms with Gasteiger partial charge in [0, 0.05) is 18.3 Å². The third-order valence-corrected chi connectivity index (χ3v) is 4.50. The van der Waals surface area contributed by atoms with Gasteiger partial charge in [-0.05, 0) is 56.5 Å². The van der Waals surface area contributed by atoms with E-state index in [2.05, 4.69) is 29.4 Å². The molecule has 2 N–H and O–H groups in total. The first-order valence-electron chi connectivity index (χ1n) is 8.81. The molecule has 5 heteroatoms. The number of hydrogen-bond donors (Lipinski definition) is 2. The molecule has 1 heterocycles. The van der Waals surface area contributed by atoms with Crippen LogP contribution in [-0.4, -0.2) is 35.8 Å². The minimum Gasteiger partial charge on any atom is -0.326 e. The molecule has 0 radical (unpaired) electrons. The molecule has 1 aromatic rings. The van der Waals surface area contributed by atoms with Crippen molar-refractivity contribution < 1.29 is 9.59 Å². The molecule has 1 saturated heterocycles. The van der Waals surface area contributed by atoms with Crippen LogP contribution in [0.2, 0.25) is 0 Å². The van der Waals surface area contributed by atoms with Crippen LogP contribution in [0.5, 0.6) is 0 Å². The van der Waals surface area contributed by atoms with E-state index in [4.69, 9.17) is 0 Å². The molecular weight excluding hydrogens is 302 g/mol. The fourth-order valence-electron chi connectivity index (χ4n) is 3.33. The summed E-state index contributed by atoms with van der Waals surface area (Å²) < 4.78 is 0. The van der Waals surface area contributed by atoms with Crippen molar-refractivity contribution in [2.45, 2.75) is 53.0 Å². The van der Waals surface area contributed by atoms with Gasteiger partial charge in [0.2, 0.25) is 11.8 Å². The average molecular weight is 331 g/mol. The summed E-state index contributed by atoms with van der Waals surface area (Å²) in [4.78, 5) is 26.4. The number of nitrogens with one attached hydrogen (secondary N) is 2. The van der Waals surface area contributed by atoms with Crippen LogP contribution < -0.4 is 10.6 Å². The third-order valence-electron chi connectivity index (χ3n) is 4.50. The standard InChI is InChI=1S/C19H29N3O2/c1-13(2)18(22-10-6-5-7-11-22)19(24)21-17-12-16(20-15(4)23)9-8-14(17)3/h8-9,12-13,18H,5-7,10-11H2,1-4H3,(H,20,23)(H,21,24). The number of likely N-dealkylation sites (tertiary alicyclic amines) is 1. The van der Waals surface area contributed by atoms with E-state index in [-0.39, 0.29) is 23.8 Å². The molecule has 132 valence electrons. The van der Waals surface area contributed by atoms with Gasteiger partial charge in [-0.1, -0.05) is 26.3 Å². The monoisotopic (exact) mass is 331 g/mol. The van der Waals surface area contributed by atoms with Gasteiger partial charge in [0.15, 0.2) is 0 Å². The van der Waals surface area contributed by atoms with Gasteiger partial charge < -0.3 is 10.6 Å². The largest absolute Gasteiger partial charge is 0.326 e. The highest BCUT2D eigenvalue weighted by Crippen LogP contribution is 2.23. The number of hydrogen-bond acceptors (Lipinski definition) is 3. The molecule has 1 aromatic carbocycles. The van der Waals surface area contributed by atoms with Gasteiger partial charge >= 0.3 is 0 Å². The SMILES string of the molecule is CC(=O)Nc1ccc(C)c(NC(=O)C(C(C)C)N2CCCCC2)c1. The number of benzene rings is 1. The normalized spacial score (nSPS) is 16.7. The number of piperidine rings is 1. The van der Waals surface area contributed by atoms with Gasteiger partial charge in [0.05, 0.1) is 6.04 Å². The van der Waals surface area contributed by atoms with Crippen molar-refractivity contribution in [2.75, 3.05) is 23.7 Å². The summed E-state index contributed by atoms with van der Waals surface area (Å²) >= 11 is 0. The van der Waals surface area contributed by atoms with E-state index in [0.717, 1.165) is 37.2 Å². The van der Waals surface area contributed by atoms with Crippen LogP contribution in [0, 0.1) is 12.8 Å². The number of nitrogens with zero attached hydrogens (tertiary/aromatic N) is 1. The van der Waals surface area contributed by atoms with Crippen molar-refractivity contribution in [3.05, 3.63) is 23.8 Å². The summed E-state index contributed by atoms with van der Waals surface area (Å²) in [6, 6.07) is 5.46. The average Bonchev–Trinajstić information content (AvgIpc) is 2.51. The molecule has 0 saturated carbocycles. The number of carbonyl (C=O) groups is 2. The van der Waals surface area contributed by atoms with Crippen LogP contribution >= 0.6 is 0 Å². The fraction of sp³-hybridized carbons (Fsp3) is 0.579. The molecule has 0 spiro atoms. The molecule has 1 aliphatic rings. The predicted octanol–water partition coefficient (Wildman–Crippen LogP) is 3.40.